The minimum absolute atomic E-state index is 0.601. The molecule has 0 aliphatic rings. The Labute approximate surface area is 117 Å². The van der Waals surface area contributed by atoms with Crippen LogP contribution in [0, 0.1) is 5.92 Å². The summed E-state index contributed by atoms with van der Waals surface area (Å²) < 4.78 is 66.8. The monoisotopic (exact) mass is 317 g/mol. The first kappa shape index (κ1) is 19.3. The lowest BCUT2D eigenvalue weighted by molar-refractivity contribution is -0.304. The van der Waals surface area contributed by atoms with E-state index in [1.165, 1.54) is 13.8 Å². The van der Waals surface area contributed by atoms with Crippen molar-refractivity contribution in [2.45, 2.75) is 44.9 Å². The number of carbonyl (C=O) groups excluding carboxylic acids is 2. The summed E-state index contributed by atoms with van der Waals surface area (Å²) >= 11 is 0. The third-order valence-corrected chi connectivity index (χ3v) is 2.52. The average Bonchev–Trinajstić information content (AvgIpc) is 2.24. The van der Waals surface area contributed by atoms with E-state index in [1.54, 1.807) is 0 Å². The van der Waals surface area contributed by atoms with Crippen LogP contribution in [0.25, 0.3) is 0 Å². The Morgan fingerprint density at radius 1 is 1.19 bits per heavy atom. The Hall–Kier alpha value is -1.67. The summed E-state index contributed by atoms with van der Waals surface area (Å²) in [4.78, 5) is 21.6. The van der Waals surface area contributed by atoms with E-state index >= 15 is 0 Å². The zero-order valence-electron chi connectivity index (χ0n) is 11.3. The molecule has 0 aromatic carbocycles. The fourth-order valence-corrected chi connectivity index (χ4v) is 1.25. The Bertz CT molecular complexity index is 414. The van der Waals surface area contributed by atoms with Crippen LogP contribution in [0.4, 0.5) is 22.0 Å². The molecule has 1 unspecified atom stereocenters. The molecule has 0 rings (SSSR count). The van der Waals surface area contributed by atoms with E-state index in [4.69, 9.17) is 0 Å². The number of alkyl halides is 5. The van der Waals surface area contributed by atoms with Crippen LogP contribution in [-0.4, -0.2) is 30.1 Å². The SMILES string of the molecule is C=C(CC(=O)[O-])C(=O)OC(CC(F)(F)C(F)(F)F)C(C)C. The third kappa shape index (κ3) is 6.09. The van der Waals surface area contributed by atoms with Crippen molar-refractivity contribution in [3.63, 3.8) is 0 Å². The number of halogens is 5. The molecule has 4 nitrogen and oxygen atoms in total. The first-order valence-corrected chi connectivity index (χ1v) is 5.81. The van der Waals surface area contributed by atoms with Gasteiger partial charge >= 0.3 is 18.1 Å². The van der Waals surface area contributed by atoms with Crippen molar-refractivity contribution in [1.29, 1.82) is 0 Å². The minimum atomic E-state index is -5.77. The van der Waals surface area contributed by atoms with Crippen molar-refractivity contribution in [2.24, 2.45) is 5.92 Å². The largest absolute Gasteiger partial charge is 0.550 e. The van der Waals surface area contributed by atoms with Gasteiger partial charge in [-0.25, -0.2) is 4.79 Å². The van der Waals surface area contributed by atoms with Crippen LogP contribution in [0.2, 0.25) is 0 Å². The highest BCUT2D eigenvalue weighted by Crippen LogP contribution is 2.40. The second kappa shape index (κ2) is 6.86. The fourth-order valence-electron chi connectivity index (χ4n) is 1.25. The maximum Gasteiger partial charge on any atom is 0.453 e. The molecule has 0 aromatic heterocycles. The number of esters is 1. The zero-order chi connectivity index (χ0) is 17.0. The van der Waals surface area contributed by atoms with Crippen LogP contribution < -0.4 is 5.11 Å². The van der Waals surface area contributed by atoms with E-state index in [0.717, 1.165) is 0 Å². The normalized spacial score (nSPS) is 13.9. The number of carboxylic acids is 1. The van der Waals surface area contributed by atoms with Gasteiger partial charge in [0.1, 0.15) is 6.10 Å². The molecule has 0 amide bonds. The van der Waals surface area contributed by atoms with E-state index in [1.807, 2.05) is 0 Å². The molecule has 0 N–H and O–H groups in total. The van der Waals surface area contributed by atoms with Gasteiger partial charge in [0.05, 0.1) is 6.42 Å². The number of rotatable bonds is 7. The van der Waals surface area contributed by atoms with E-state index in [2.05, 4.69) is 11.3 Å². The van der Waals surface area contributed by atoms with Crippen LogP contribution in [0.1, 0.15) is 26.7 Å². The van der Waals surface area contributed by atoms with Gasteiger partial charge in [-0.15, -0.1) is 0 Å². The molecule has 0 fully saturated rings. The summed E-state index contributed by atoms with van der Waals surface area (Å²) in [5.41, 5.74) is -0.601. The maximum atomic E-state index is 13.0. The van der Waals surface area contributed by atoms with Crippen molar-refractivity contribution >= 4 is 11.9 Å². The maximum absolute atomic E-state index is 13.0. The van der Waals surface area contributed by atoms with Crippen LogP contribution in [-0.2, 0) is 14.3 Å². The van der Waals surface area contributed by atoms with Crippen LogP contribution in [0.5, 0.6) is 0 Å². The molecule has 0 spiro atoms. The second-order valence-corrected chi connectivity index (χ2v) is 4.75. The van der Waals surface area contributed by atoms with E-state index in [9.17, 15) is 36.6 Å². The summed E-state index contributed by atoms with van der Waals surface area (Å²) in [6.45, 7) is 5.61. The smallest absolute Gasteiger partial charge is 0.453 e. The van der Waals surface area contributed by atoms with E-state index < -0.39 is 54.5 Å². The van der Waals surface area contributed by atoms with Crippen molar-refractivity contribution in [3.8, 4) is 0 Å². The van der Waals surface area contributed by atoms with Crippen molar-refractivity contribution in [1.82, 2.24) is 0 Å². The lowest BCUT2D eigenvalue weighted by Gasteiger charge is -2.27. The molecule has 9 heteroatoms. The Kier molecular flexibility index (Phi) is 6.31. The summed E-state index contributed by atoms with van der Waals surface area (Å²) in [6, 6.07) is 0. The molecule has 0 heterocycles. The molecule has 1 atom stereocenters. The number of hydrogen-bond acceptors (Lipinski definition) is 4. The van der Waals surface area contributed by atoms with Crippen molar-refractivity contribution in [2.75, 3.05) is 0 Å². The predicted octanol–water partition coefficient (Wildman–Crippen LogP) is 1.84. The van der Waals surface area contributed by atoms with Gasteiger partial charge in [-0.3, -0.25) is 0 Å². The molecule has 21 heavy (non-hydrogen) atoms. The molecular weight excluding hydrogens is 303 g/mol. The molecule has 0 aromatic rings. The molecular formula is C12H14F5O4-. The minimum Gasteiger partial charge on any atom is -0.550 e. The molecule has 0 bridgehead atoms. The highest BCUT2D eigenvalue weighted by Gasteiger charge is 2.58. The quantitative estimate of drug-likeness (QED) is 0.408. The summed E-state index contributed by atoms with van der Waals surface area (Å²) in [6.07, 6.45) is -10.2. The number of aliphatic carboxylic acids is 1. The highest BCUT2D eigenvalue weighted by molar-refractivity contribution is 5.92. The predicted molar refractivity (Wildman–Crippen MR) is 59.1 cm³/mol. The van der Waals surface area contributed by atoms with Crippen LogP contribution in [0.3, 0.4) is 0 Å². The van der Waals surface area contributed by atoms with Gasteiger partial charge in [0.2, 0.25) is 0 Å². The van der Waals surface area contributed by atoms with Gasteiger partial charge in [-0.05, 0) is 5.92 Å². The summed E-state index contributed by atoms with van der Waals surface area (Å²) in [5.74, 6) is -8.87. The lowest BCUT2D eigenvalue weighted by Crippen LogP contribution is -2.42. The molecule has 0 saturated heterocycles. The third-order valence-electron chi connectivity index (χ3n) is 2.52. The molecule has 0 radical (unpaired) electrons. The van der Waals surface area contributed by atoms with Gasteiger partial charge in [-0.1, -0.05) is 20.4 Å². The summed E-state index contributed by atoms with van der Waals surface area (Å²) in [5, 5.41) is 10.2. The molecule has 0 saturated carbocycles. The van der Waals surface area contributed by atoms with Gasteiger partial charge in [0.25, 0.3) is 0 Å². The second-order valence-electron chi connectivity index (χ2n) is 4.75. The number of ether oxygens (including phenoxy) is 1. The highest BCUT2D eigenvalue weighted by atomic mass is 19.4. The van der Waals surface area contributed by atoms with Gasteiger partial charge in [-0.2, -0.15) is 22.0 Å². The number of hydrogen-bond donors (Lipinski definition) is 0. The van der Waals surface area contributed by atoms with Gasteiger partial charge < -0.3 is 14.6 Å². The molecule has 0 aliphatic heterocycles. The standard InChI is InChI=1S/C12H15F5O4/c1-6(2)8(5-11(13,14)12(15,16)17)21-10(20)7(3)4-9(18)19/h6,8H,3-5H2,1-2H3,(H,18,19)/p-1. The summed E-state index contributed by atoms with van der Waals surface area (Å²) in [7, 11) is 0. The Morgan fingerprint density at radius 2 is 1.67 bits per heavy atom. The first-order chi connectivity index (χ1) is 9.28. The Balaban J connectivity index is 4.91. The number of carbonyl (C=O) groups is 2. The molecule has 122 valence electrons. The molecule has 0 aliphatic carbocycles. The van der Waals surface area contributed by atoms with Crippen molar-refractivity contribution in [3.05, 3.63) is 12.2 Å². The van der Waals surface area contributed by atoms with E-state index in [-0.39, 0.29) is 0 Å². The fraction of sp³-hybridized carbons (Fsp3) is 0.667. The topological polar surface area (TPSA) is 66.4 Å². The van der Waals surface area contributed by atoms with Crippen molar-refractivity contribution < 1.29 is 41.4 Å². The van der Waals surface area contributed by atoms with E-state index in [0.29, 0.717) is 0 Å². The van der Waals surface area contributed by atoms with Gasteiger partial charge in [0.15, 0.2) is 0 Å². The number of carboxylic acid groups (broad SMARTS) is 1. The van der Waals surface area contributed by atoms with Crippen LogP contribution in [0.15, 0.2) is 12.2 Å². The average molecular weight is 317 g/mol. The van der Waals surface area contributed by atoms with Gasteiger partial charge in [0, 0.05) is 18.0 Å². The Morgan fingerprint density at radius 3 is 2.00 bits per heavy atom. The first-order valence-electron chi connectivity index (χ1n) is 5.81. The lowest BCUT2D eigenvalue weighted by atomic mass is 9.99. The zero-order valence-corrected chi connectivity index (χ0v) is 11.3. The van der Waals surface area contributed by atoms with Crippen LogP contribution >= 0.6 is 0 Å².